The molecule has 11 heteroatoms. The number of rotatable bonds is 4. The fraction of sp³-hybridized carbons (Fsp3) is 0.0909. The number of aromatic nitrogens is 2. The average molecular weight is 327 g/mol. The quantitative estimate of drug-likeness (QED) is 0.620. The van der Waals surface area contributed by atoms with Gasteiger partial charge in [-0.25, -0.2) is 0 Å². The van der Waals surface area contributed by atoms with E-state index in [1.54, 1.807) is 0 Å². The molecule has 1 aromatic heterocycles. The van der Waals surface area contributed by atoms with Crippen LogP contribution in [-0.2, 0) is 7.05 Å². The minimum atomic E-state index is -0.855. The number of ether oxygens (including phenoxy) is 1. The van der Waals surface area contributed by atoms with Gasteiger partial charge < -0.3 is 14.9 Å². The van der Waals surface area contributed by atoms with Crippen LogP contribution in [0.2, 0.25) is 5.02 Å². The summed E-state index contributed by atoms with van der Waals surface area (Å²) in [5.74, 6) is -1.24. The van der Waals surface area contributed by atoms with Crippen LogP contribution in [0.5, 0.6) is 11.5 Å². The van der Waals surface area contributed by atoms with Crippen LogP contribution in [0.15, 0.2) is 29.1 Å². The van der Waals surface area contributed by atoms with E-state index in [-0.39, 0.29) is 11.4 Å². The van der Waals surface area contributed by atoms with Crippen molar-refractivity contribution in [1.82, 2.24) is 9.78 Å². The van der Waals surface area contributed by atoms with Crippen molar-refractivity contribution < 1.29 is 14.6 Å². The highest BCUT2D eigenvalue weighted by Crippen LogP contribution is 2.34. The molecule has 2 aromatic rings. The molecule has 0 radical (unpaired) electrons. The molecule has 0 aliphatic rings. The van der Waals surface area contributed by atoms with Crippen molar-refractivity contribution in [1.29, 1.82) is 0 Å². The van der Waals surface area contributed by atoms with Gasteiger partial charge >= 0.3 is 11.4 Å². The Morgan fingerprint density at radius 3 is 2.27 bits per heavy atom. The number of hydrogen-bond donors (Lipinski definition) is 0. The van der Waals surface area contributed by atoms with Crippen molar-refractivity contribution in [2.45, 2.75) is 0 Å². The molecular weight excluding hydrogens is 320 g/mol. The molecule has 0 aliphatic heterocycles. The third-order valence-electron chi connectivity index (χ3n) is 2.57. The van der Waals surface area contributed by atoms with E-state index >= 15 is 0 Å². The highest BCUT2D eigenvalue weighted by molar-refractivity contribution is 6.32. The van der Waals surface area contributed by atoms with Gasteiger partial charge in [0.25, 0.3) is 11.4 Å². The summed E-state index contributed by atoms with van der Waals surface area (Å²) in [7, 11) is 1.21. The molecule has 1 aromatic carbocycles. The Labute approximate surface area is 126 Å². The first-order valence-corrected chi connectivity index (χ1v) is 6.02. The van der Waals surface area contributed by atoms with Crippen molar-refractivity contribution in [3.8, 4) is 11.5 Å². The topological polar surface area (TPSA) is 130 Å². The van der Waals surface area contributed by atoms with Crippen LogP contribution < -0.4 is 10.3 Å². The van der Waals surface area contributed by atoms with Gasteiger partial charge in [0.05, 0.1) is 17.1 Å². The third-order valence-corrected chi connectivity index (χ3v) is 2.90. The smallest absolute Gasteiger partial charge is 0.432 e. The highest BCUT2D eigenvalue weighted by Gasteiger charge is 2.26. The molecule has 0 atom stereocenters. The van der Waals surface area contributed by atoms with E-state index in [2.05, 4.69) is 5.10 Å². The van der Waals surface area contributed by atoms with Crippen molar-refractivity contribution in [3.63, 3.8) is 0 Å². The number of benzene rings is 1. The molecule has 0 amide bonds. The predicted molar refractivity (Wildman–Crippen MR) is 74.3 cm³/mol. The Kier molecular flexibility index (Phi) is 4.04. The van der Waals surface area contributed by atoms with Gasteiger partial charge in [-0.2, -0.15) is 0 Å². The summed E-state index contributed by atoms with van der Waals surface area (Å²) in [4.78, 5) is 31.7. The molecule has 0 bridgehead atoms. The normalized spacial score (nSPS) is 10.3. The lowest BCUT2D eigenvalue weighted by Crippen LogP contribution is -2.21. The molecule has 0 fully saturated rings. The number of nitro benzene ring substituents is 1. The van der Waals surface area contributed by atoms with E-state index in [4.69, 9.17) is 16.3 Å². The summed E-state index contributed by atoms with van der Waals surface area (Å²) >= 11 is 5.77. The van der Waals surface area contributed by atoms with Crippen LogP contribution in [-0.4, -0.2) is 19.6 Å². The van der Waals surface area contributed by atoms with Crippen LogP contribution in [0.4, 0.5) is 11.5 Å². The van der Waals surface area contributed by atoms with E-state index in [0.717, 1.165) is 12.1 Å². The molecule has 10 nitrogen and oxygen atoms in total. The van der Waals surface area contributed by atoms with Crippen molar-refractivity contribution >= 4 is 23.1 Å². The zero-order chi connectivity index (χ0) is 16.4. The molecule has 0 saturated carbocycles. The number of nitro groups is 2. The Bertz CT molecular complexity index is 817. The van der Waals surface area contributed by atoms with Gasteiger partial charge in [0.2, 0.25) is 0 Å². The number of halogens is 1. The number of hydrogen-bond acceptors (Lipinski definition) is 7. The van der Waals surface area contributed by atoms with E-state index in [1.165, 1.54) is 19.2 Å². The average Bonchev–Trinajstić information content (AvgIpc) is 2.47. The Morgan fingerprint density at radius 2 is 1.77 bits per heavy atom. The zero-order valence-corrected chi connectivity index (χ0v) is 11.7. The summed E-state index contributed by atoms with van der Waals surface area (Å²) in [6, 6.07) is 4.72. The fourth-order valence-electron chi connectivity index (χ4n) is 1.53. The van der Waals surface area contributed by atoms with E-state index in [0.29, 0.717) is 4.68 Å². The fourth-order valence-corrected chi connectivity index (χ4v) is 1.78. The monoisotopic (exact) mass is 326 g/mol. The van der Waals surface area contributed by atoms with Gasteiger partial charge in [-0.05, 0) is 17.1 Å². The molecular formula is C11H7ClN4O6. The summed E-state index contributed by atoms with van der Waals surface area (Å²) in [6.45, 7) is 0. The molecule has 0 saturated heterocycles. The largest absolute Gasteiger partial charge is 0.447 e. The number of aryl methyl sites for hydroxylation is 1. The van der Waals surface area contributed by atoms with Crippen LogP contribution in [0.1, 0.15) is 0 Å². The molecule has 114 valence electrons. The van der Waals surface area contributed by atoms with Crippen LogP contribution >= 0.6 is 11.6 Å². The molecule has 2 rings (SSSR count). The second kappa shape index (κ2) is 5.77. The van der Waals surface area contributed by atoms with Gasteiger partial charge in [-0.15, -0.1) is 4.68 Å². The predicted octanol–water partition coefficient (Wildman–Crippen LogP) is 2.04. The van der Waals surface area contributed by atoms with Crippen molar-refractivity contribution in [2.24, 2.45) is 7.05 Å². The maximum atomic E-state index is 11.7. The number of nitrogens with zero attached hydrogens (tertiary/aromatic N) is 4. The summed E-state index contributed by atoms with van der Waals surface area (Å²) in [6.07, 6.45) is 0. The van der Waals surface area contributed by atoms with E-state index in [9.17, 15) is 25.0 Å². The first-order chi connectivity index (χ1) is 10.3. The van der Waals surface area contributed by atoms with Gasteiger partial charge in [0.15, 0.2) is 5.02 Å². The maximum absolute atomic E-state index is 11.7. The minimum absolute atomic E-state index is 0.0330. The van der Waals surface area contributed by atoms with E-state index < -0.39 is 32.0 Å². The Morgan fingerprint density at radius 1 is 1.18 bits per heavy atom. The van der Waals surface area contributed by atoms with E-state index in [1.807, 2.05) is 0 Å². The summed E-state index contributed by atoms with van der Waals surface area (Å²) in [5, 5.41) is 24.5. The summed E-state index contributed by atoms with van der Waals surface area (Å²) in [5.41, 5.74) is -0.959. The highest BCUT2D eigenvalue weighted by atomic mass is 35.5. The third kappa shape index (κ3) is 2.86. The Hall–Kier alpha value is -3.01. The lowest BCUT2D eigenvalue weighted by molar-refractivity contribution is -0.391. The van der Waals surface area contributed by atoms with Crippen LogP contribution in [0.3, 0.4) is 0 Å². The van der Waals surface area contributed by atoms with Gasteiger partial charge in [0, 0.05) is 12.1 Å². The van der Waals surface area contributed by atoms with Gasteiger partial charge in [-0.1, -0.05) is 11.6 Å². The SMILES string of the molecule is Cn1nc([N+](=O)[O-])c(Oc2ccc([N+](=O)[O-])cc2)c(Cl)c1=O. The van der Waals surface area contributed by atoms with Crippen LogP contribution in [0, 0.1) is 20.2 Å². The summed E-state index contributed by atoms with van der Waals surface area (Å²) < 4.78 is 5.91. The standard InChI is InChI=1S/C11H7ClN4O6/c1-14-11(17)8(12)9(10(13-14)16(20)21)22-7-4-2-6(3-5-7)15(18)19/h2-5H,1H3. The zero-order valence-electron chi connectivity index (χ0n) is 10.9. The second-order valence-electron chi connectivity index (χ2n) is 4.01. The van der Waals surface area contributed by atoms with Crippen molar-refractivity contribution in [2.75, 3.05) is 0 Å². The minimum Gasteiger partial charge on any atom is -0.447 e. The van der Waals surface area contributed by atoms with Gasteiger partial charge in [0.1, 0.15) is 5.75 Å². The van der Waals surface area contributed by atoms with Crippen molar-refractivity contribution in [3.05, 3.63) is 59.9 Å². The first kappa shape index (κ1) is 15.4. The molecule has 1 heterocycles. The number of non-ortho nitro benzene ring substituents is 1. The van der Waals surface area contributed by atoms with Crippen LogP contribution in [0.25, 0.3) is 0 Å². The lowest BCUT2D eigenvalue weighted by Gasteiger charge is -2.07. The maximum Gasteiger partial charge on any atom is 0.432 e. The van der Waals surface area contributed by atoms with Gasteiger partial charge in [-0.3, -0.25) is 14.9 Å². The molecule has 0 N–H and O–H groups in total. The molecule has 22 heavy (non-hydrogen) atoms. The lowest BCUT2D eigenvalue weighted by atomic mass is 10.3. The molecule has 0 aliphatic carbocycles. The second-order valence-corrected chi connectivity index (χ2v) is 4.38. The molecule has 0 spiro atoms. The Balaban J connectivity index is 2.48. The molecule has 0 unspecified atom stereocenters. The first-order valence-electron chi connectivity index (χ1n) is 5.64.